The molecule has 1 aromatic carbocycles. The zero-order chi connectivity index (χ0) is 13.3. The summed E-state index contributed by atoms with van der Waals surface area (Å²) in [7, 11) is 0. The third-order valence-corrected chi connectivity index (χ3v) is 2.77. The largest absolute Gasteiger partial charge is 0.389 e. The van der Waals surface area contributed by atoms with Crippen LogP contribution in [0.3, 0.4) is 0 Å². The van der Waals surface area contributed by atoms with Gasteiger partial charge < -0.3 is 10.4 Å². The van der Waals surface area contributed by atoms with Crippen molar-refractivity contribution in [1.82, 2.24) is 20.7 Å². The number of hydrogen-bond donors (Lipinski definition) is 3. The Hall–Kier alpha value is -1.47. The van der Waals surface area contributed by atoms with Crippen molar-refractivity contribution in [3.05, 3.63) is 22.2 Å². The molecular formula is C11H13BrN4O2. The predicted octanol–water partition coefficient (Wildman–Crippen LogP) is 1.22. The van der Waals surface area contributed by atoms with Crippen molar-refractivity contribution in [3.8, 4) is 0 Å². The molecule has 1 aromatic heterocycles. The van der Waals surface area contributed by atoms with Crippen molar-refractivity contribution in [1.29, 1.82) is 0 Å². The van der Waals surface area contributed by atoms with Crippen LogP contribution in [0.5, 0.6) is 0 Å². The molecule has 2 aromatic rings. The average molecular weight is 313 g/mol. The molecule has 0 bridgehead atoms. The van der Waals surface area contributed by atoms with E-state index >= 15 is 0 Å². The predicted molar refractivity (Wildman–Crippen MR) is 70.2 cm³/mol. The van der Waals surface area contributed by atoms with Crippen LogP contribution >= 0.6 is 15.9 Å². The van der Waals surface area contributed by atoms with Gasteiger partial charge in [-0.15, -0.1) is 0 Å². The first-order chi connectivity index (χ1) is 8.37. The number of aliphatic hydroxyl groups is 1. The summed E-state index contributed by atoms with van der Waals surface area (Å²) in [5, 5.41) is 22.6. The van der Waals surface area contributed by atoms with E-state index in [1.807, 2.05) is 0 Å². The van der Waals surface area contributed by atoms with Crippen molar-refractivity contribution in [3.63, 3.8) is 0 Å². The fourth-order valence-corrected chi connectivity index (χ4v) is 1.93. The van der Waals surface area contributed by atoms with Crippen LogP contribution in [0.25, 0.3) is 11.0 Å². The van der Waals surface area contributed by atoms with Gasteiger partial charge in [0.2, 0.25) is 0 Å². The maximum absolute atomic E-state index is 12.0. The summed E-state index contributed by atoms with van der Waals surface area (Å²) in [5.41, 5.74) is 0.576. The van der Waals surface area contributed by atoms with Gasteiger partial charge in [0.05, 0.1) is 11.2 Å². The topological polar surface area (TPSA) is 90.9 Å². The molecule has 0 fully saturated rings. The molecule has 0 aliphatic carbocycles. The van der Waals surface area contributed by atoms with E-state index < -0.39 is 5.60 Å². The summed E-state index contributed by atoms with van der Waals surface area (Å²) >= 11 is 3.32. The van der Waals surface area contributed by atoms with Crippen LogP contribution in [0.1, 0.15) is 24.2 Å². The van der Waals surface area contributed by atoms with Crippen LogP contribution < -0.4 is 5.32 Å². The maximum atomic E-state index is 12.0. The Morgan fingerprint density at radius 1 is 1.50 bits per heavy atom. The van der Waals surface area contributed by atoms with E-state index in [0.717, 1.165) is 4.47 Å². The van der Waals surface area contributed by atoms with Gasteiger partial charge in [-0.25, -0.2) is 0 Å². The number of amides is 1. The minimum atomic E-state index is -0.954. The molecule has 7 heteroatoms. The Morgan fingerprint density at radius 2 is 2.22 bits per heavy atom. The number of fused-ring (bicyclic) bond motifs is 1. The Bertz CT molecular complexity index is 588. The average Bonchev–Trinajstić information content (AvgIpc) is 2.71. The molecular weight excluding hydrogens is 300 g/mol. The SMILES string of the molecule is CC(C)(O)CNC(=O)c1cc(Br)cc2n[nH]nc12. The molecule has 0 spiro atoms. The summed E-state index contributed by atoms with van der Waals surface area (Å²) in [4.78, 5) is 12.0. The molecule has 0 saturated carbocycles. The third-order valence-electron chi connectivity index (χ3n) is 2.31. The second-order valence-corrected chi connectivity index (χ2v) is 5.56. The van der Waals surface area contributed by atoms with Crippen molar-refractivity contribution in [2.45, 2.75) is 19.4 Å². The Morgan fingerprint density at radius 3 is 2.89 bits per heavy atom. The van der Waals surface area contributed by atoms with Crippen LogP contribution in [0.4, 0.5) is 0 Å². The normalized spacial score (nSPS) is 11.8. The van der Waals surface area contributed by atoms with Crippen molar-refractivity contribution < 1.29 is 9.90 Å². The van der Waals surface area contributed by atoms with E-state index in [-0.39, 0.29) is 12.5 Å². The fraction of sp³-hybridized carbons (Fsp3) is 0.364. The number of aromatic amines is 1. The van der Waals surface area contributed by atoms with Gasteiger partial charge in [-0.1, -0.05) is 15.9 Å². The minimum absolute atomic E-state index is 0.164. The molecule has 96 valence electrons. The quantitative estimate of drug-likeness (QED) is 0.794. The lowest BCUT2D eigenvalue weighted by Gasteiger charge is -2.17. The number of aromatic nitrogens is 3. The lowest BCUT2D eigenvalue weighted by Crippen LogP contribution is -2.38. The van der Waals surface area contributed by atoms with E-state index in [1.165, 1.54) is 0 Å². The molecule has 18 heavy (non-hydrogen) atoms. The first-order valence-electron chi connectivity index (χ1n) is 5.37. The third kappa shape index (κ3) is 2.85. The first-order valence-corrected chi connectivity index (χ1v) is 6.17. The summed E-state index contributed by atoms with van der Waals surface area (Å²) in [6, 6.07) is 3.44. The highest BCUT2D eigenvalue weighted by molar-refractivity contribution is 9.10. The smallest absolute Gasteiger partial charge is 0.253 e. The number of nitrogens with one attached hydrogen (secondary N) is 2. The molecule has 1 heterocycles. The molecule has 0 aliphatic rings. The number of carbonyl (C=O) groups excluding carboxylic acids is 1. The molecule has 3 N–H and O–H groups in total. The Balaban J connectivity index is 2.30. The van der Waals surface area contributed by atoms with Gasteiger partial charge >= 0.3 is 0 Å². The van der Waals surface area contributed by atoms with Crippen molar-refractivity contribution in [2.75, 3.05) is 6.54 Å². The van der Waals surface area contributed by atoms with Gasteiger partial charge in [0.15, 0.2) is 0 Å². The number of rotatable bonds is 3. The van der Waals surface area contributed by atoms with E-state index in [0.29, 0.717) is 16.6 Å². The van der Waals surface area contributed by atoms with Crippen LogP contribution in [0.15, 0.2) is 16.6 Å². The first kappa shape index (κ1) is 13.0. The number of carbonyl (C=O) groups is 1. The highest BCUT2D eigenvalue weighted by Gasteiger charge is 2.18. The van der Waals surface area contributed by atoms with Crippen LogP contribution in [-0.2, 0) is 0 Å². The van der Waals surface area contributed by atoms with Gasteiger partial charge in [-0.05, 0) is 26.0 Å². The molecule has 2 rings (SSSR count). The van der Waals surface area contributed by atoms with E-state index in [2.05, 4.69) is 36.7 Å². The van der Waals surface area contributed by atoms with Crippen molar-refractivity contribution >= 4 is 32.9 Å². The lowest BCUT2D eigenvalue weighted by molar-refractivity contribution is 0.0695. The summed E-state index contributed by atoms with van der Waals surface area (Å²) in [6.07, 6.45) is 0. The number of hydrogen-bond acceptors (Lipinski definition) is 4. The summed E-state index contributed by atoms with van der Waals surface area (Å²) in [5.74, 6) is -0.294. The summed E-state index contributed by atoms with van der Waals surface area (Å²) < 4.78 is 0.748. The van der Waals surface area contributed by atoms with E-state index in [9.17, 15) is 9.90 Å². The molecule has 0 saturated heterocycles. The van der Waals surface area contributed by atoms with E-state index in [4.69, 9.17) is 0 Å². The number of H-pyrrole nitrogens is 1. The van der Waals surface area contributed by atoms with Gasteiger partial charge in [0, 0.05) is 11.0 Å². The number of halogens is 1. The highest BCUT2D eigenvalue weighted by atomic mass is 79.9. The highest BCUT2D eigenvalue weighted by Crippen LogP contribution is 2.21. The zero-order valence-corrected chi connectivity index (χ0v) is 11.6. The number of benzene rings is 1. The molecule has 1 amide bonds. The fourth-order valence-electron chi connectivity index (χ4n) is 1.48. The summed E-state index contributed by atoms with van der Waals surface area (Å²) in [6.45, 7) is 3.41. The van der Waals surface area contributed by atoms with Gasteiger partial charge in [-0.3, -0.25) is 4.79 Å². The van der Waals surface area contributed by atoms with Gasteiger partial charge in [0.1, 0.15) is 11.0 Å². The molecule has 0 unspecified atom stereocenters. The molecule has 6 nitrogen and oxygen atoms in total. The number of nitrogens with zero attached hydrogens (tertiary/aromatic N) is 2. The maximum Gasteiger partial charge on any atom is 0.253 e. The van der Waals surface area contributed by atoms with Crippen molar-refractivity contribution in [2.24, 2.45) is 0 Å². The van der Waals surface area contributed by atoms with E-state index in [1.54, 1.807) is 26.0 Å². The van der Waals surface area contributed by atoms with Gasteiger partial charge in [-0.2, -0.15) is 15.4 Å². The Labute approximate surface area is 112 Å². The second-order valence-electron chi connectivity index (χ2n) is 4.64. The lowest BCUT2D eigenvalue weighted by atomic mass is 10.1. The second kappa shape index (κ2) is 4.66. The monoisotopic (exact) mass is 312 g/mol. The van der Waals surface area contributed by atoms with Crippen LogP contribution in [0, 0.1) is 0 Å². The van der Waals surface area contributed by atoms with Crippen LogP contribution in [-0.4, -0.2) is 38.6 Å². The van der Waals surface area contributed by atoms with Gasteiger partial charge in [0.25, 0.3) is 5.91 Å². The molecule has 0 radical (unpaired) electrons. The minimum Gasteiger partial charge on any atom is -0.389 e. The Kier molecular flexibility index (Phi) is 3.36. The zero-order valence-electron chi connectivity index (χ0n) is 9.99. The molecule has 0 atom stereocenters. The standard InChI is InChI=1S/C11H13BrN4O2/c1-11(2,18)5-13-10(17)7-3-6(12)4-8-9(7)15-16-14-8/h3-4,18H,5H2,1-2H3,(H,13,17)(H,14,15,16). The molecule has 0 aliphatic heterocycles. The van der Waals surface area contributed by atoms with Crippen LogP contribution in [0.2, 0.25) is 0 Å².